The zero-order chi connectivity index (χ0) is 12.0. The molecular weight excluding hydrogens is 204 g/mol. The Morgan fingerprint density at radius 2 is 2.12 bits per heavy atom. The summed E-state index contributed by atoms with van der Waals surface area (Å²) in [5, 5.41) is 9.41. The number of nitrogens with one attached hydrogen (secondary N) is 3. The maximum Gasteiger partial charge on any atom is 0.244 e. The van der Waals surface area contributed by atoms with Crippen LogP contribution in [0.5, 0.6) is 0 Å². The van der Waals surface area contributed by atoms with Gasteiger partial charge in [0.05, 0.1) is 6.04 Å². The summed E-state index contributed by atoms with van der Waals surface area (Å²) in [6.45, 7) is 2.52. The van der Waals surface area contributed by atoms with E-state index < -0.39 is 0 Å². The predicted molar refractivity (Wildman–Crippen MR) is 65.3 cm³/mol. The van der Waals surface area contributed by atoms with Crippen LogP contribution in [-0.4, -0.2) is 63.7 Å². The Morgan fingerprint density at radius 1 is 1.44 bits per heavy atom. The van der Waals surface area contributed by atoms with Crippen LogP contribution in [0.3, 0.4) is 0 Å². The molecule has 0 spiro atoms. The zero-order valence-electron chi connectivity index (χ0n) is 10.3. The highest BCUT2D eigenvalue weighted by molar-refractivity contribution is 5.87. The minimum Gasteiger partial charge on any atom is -0.347 e. The molecule has 0 unspecified atom stereocenters. The second-order valence-corrected chi connectivity index (χ2v) is 4.33. The van der Waals surface area contributed by atoms with Crippen molar-refractivity contribution in [2.24, 2.45) is 0 Å². The first-order chi connectivity index (χ1) is 7.63. The number of hydrogen-bond acceptors (Lipinski definition) is 4. The molecular formula is C11H22N4O. The first-order valence-electron chi connectivity index (χ1n) is 5.63. The summed E-state index contributed by atoms with van der Waals surface area (Å²) in [5.74, 6) is -0.0178. The Hall–Kier alpha value is -0.910. The lowest BCUT2D eigenvalue weighted by Crippen LogP contribution is -2.47. The van der Waals surface area contributed by atoms with E-state index in [9.17, 15) is 4.79 Å². The van der Waals surface area contributed by atoms with Crippen LogP contribution in [0.4, 0.5) is 0 Å². The van der Waals surface area contributed by atoms with Crippen LogP contribution < -0.4 is 16.0 Å². The van der Waals surface area contributed by atoms with Crippen molar-refractivity contribution in [2.45, 2.75) is 12.1 Å². The molecule has 1 heterocycles. The monoisotopic (exact) mass is 226 g/mol. The topological polar surface area (TPSA) is 56.4 Å². The molecule has 16 heavy (non-hydrogen) atoms. The summed E-state index contributed by atoms with van der Waals surface area (Å²) in [7, 11) is 5.86. The Labute approximate surface area is 97.3 Å². The van der Waals surface area contributed by atoms with Crippen molar-refractivity contribution < 1.29 is 4.79 Å². The van der Waals surface area contributed by atoms with Crippen molar-refractivity contribution >= 4 is 5.91 Å². The Bertz CT molecular complexity index is 252. The number of nitrogens with zero attached hydrogens (tertiary/aromatic N) is 1. The van der Waals surface area contributed by atoms with Gasteiger partial charge in [0.1, 0.15) is 0 Å². The maximum atomic E-state index is 11.6. The summed E-state index contributed by atoms with van der Waals surface area (Å²) < 4.78 is 0. The standard InChI is InChI=1S/C11H22N4O/c1-12-9-7-13-8-10(9)14-11(16)5-4-6-15(2)3/h4-5,9-10,12-13H,6-8H2,1-3H3,(H,14,16)/b5-4+/t9-,10-/m1/s1. The number of hydrogen-bond donors (Lipinski definition) is 3. The van der Waals surface area contributed by atoms with Crippen LogP contribution in [0.15, 0.2) is 12.2 Å². The highest BCUT2D eigenvalue weighted by Gasteiger charge is 2.25. The zero-order valence-corrected chi connectivity index (χ0v) is 10.3. The van der Waals surface area contributed by atoms with Crippen LogP contribution >= 0.6 is 0 Å². The minimum absolute atomic E-state index is 0.0178. The molecule has 3 N–H and O–H groups in total. The molecule has 5 nitrogen and oxygen atoms in total. The third kappa shape index (κ3) is 4.30. The number of likely N-dealkylation sites (N-methyl/N-ethyl adjacent to an activating group) is 2. The number of carbonyl (C=O) groups is 1. The van der Waals surface area contributed by atoms with Crippen LogP contribution in [0.2, 0.25) is 0 Å². The third-order valence-corrected chi connectivity index (χ3v) is 2.65. The minimum atomic E-state index is -0.0178. The molecule has 0 aromatic carbocycles. The van der Waals surface area contributed by atoms with Crippen molar-refractivity contribution in [3.63, 3.8) is 0 Å². The maximum absolute atomic E-state index is 11.6. The molecule has 1 rings (SSSR count). The fraction of sp³-hybridized carbons (Fsp3) is 0.727. The normalized spacial score (nSPS) is 25.5. The third-order valence-electron chi connectivity index (χ3n) is 2.65. The first kappa shape index (κ1) is 13.2. The second-order valence-electron chi connectivity index (χ2n) is 4.33. The van der Waals surface area contributed by atoms with E-state index in [4.69, 9.17) is 0 Å². The molecule has 1 aliphatic heterocycles. The van der Waals surface area contributed by atoms with Gasteiger partial charge in [-0.3, -0.25) is 4.79 Å². The molecule has 0 aliphatic carbocycles. The first-order valence-corrected chi connectivity index (χ1v) is 5.63. The van der Waals surface area contributed by atoms with Gasteiger partial charge in [-0.05, 0) is 21.1 Å². The van der Waals surface area contributed by atoms with Crippen molar-refractivity contribution in [1.29, 1.82) is 0 Å². The van der Waals surface area contributed by atoms with Crippen LogP contribution in [0.1, 0.15) is 0 Å². The van der Waals surface area contributed by atoms with E-state index in [-0.39, 0.29) is 11.9 Å². The van der Waals surface area contributed by atoms with Gasteiger partial charge in [0.25, 0.3) is 0 Å². The fourth-order valence-corrected chi connectivity index (χ4v) is 1.74. The highest BCUT2D eigenvalue weighted by Crippen LogP contribution is 1.98. The van der Waals surface area contributed by atoms with Crippen molar-refractivity contribution in [2.75, 3.05) is 40.8 Å². The average molecular weight is 226 g/mol. The van der Waals surface area contributed by atoms with Crippen LogP contribution in [0.25, 0.3) is 0 Å². The Kier molecular flexibility index (Phi) is 5.45. The molecule has 0 bridgehead atoms. The molecule has 0 radical (unpaired) electrons. The highest BCUT2D eigenvalue weighted by atomic mass is 16.1. The molecule has 1 amide bonds. The van der Waals surface area contributed by atoms with E-state index in [2.05, 4.69) is 16.0 Å². The van der Waals surface area contributed by atoms with Gasteiger partial charge in [0.15, 0.2) is 0 Å². The molecule has 1 aliphatic rings. The Morgan fingerprint density at radius 3 is 2.75 bits per heavy atom. The van der Waals surface area contributed by atoms with Gasteiger partial charge in [-0.25, -0.2) is 0 Å². The summed E-state index contributed by atoms with van der Waals surface area (Å²) in [6.07, 6.45) is 3.47. The lowest BCUT2D eigenvalue weighted by molar-refractivity contribution is -0.117. The fourth-order valence-electron chi connectivity index (χ4n) is 1.74. The molecule has 1 fully saturated rings. The van der Waals surface area contributed by atoms with Gasteiger partial charge in [-0.1, -0.05) is 6.08 Å². The SMILES string of the molecule is CN[C@@H]1CNC[C@H]1NC(=O)/C=C/CN(C)C. The molecule has 92 valence electrons. The summed E-state index contributed by atoms with van der Waals surface area (Å²) in [4.78, 5) is 13.6. The van der Waals surface area contributed by atoms with Gasteiger partial charge >= 0.3 is 0 Å². The lowest BCUT2D eigenvalue weighted by atomic mass is 10.2. The average Bonchev–Trinajstić information content (AvgIpc) is 2.64. The van der Waals surface area contributed by atoms with E-state index >= 15 is 0 Å². The van der Waals surface area contributed by atoms with Gasteiger partial charge in [-0.15, -0.1) is 0 Å². The molecule has 0 saturated carbocycles. The molecule has 1 saturated heterocycles. The van der Waals surface area contributed by atoms with Gasteiger partial charge in [-0.2, -0.15) is 0 Å². The molecule has 0 aromatic rings. The van der Waals surface area contributed by atoms with E-state index in [1.54, 1.807) is 6.08 Å². The summed E-state index contributed by atoms with van der Waals surface area (Å²) in [6, 6.07) is 0.507. The summed E-state index contributed by atoms with van der Waals surface area (Å²) >= 11 is 0. The van der Waals surface area contributed by atoms with E-state index in [1.165, 1.54) is 0 Å². The second kappa shape index (κ2) is 6.62. The number of rotatable bonds is 5. The molecule has 2 atom stereocenters. The van der Waals surface area contributed by atoms with Crippen molar-refractivity contribution in [1.82, 2.24) is 20.9 Å². The summed E-state index contributed by atoms with van der Waals surface area (Å²) in [5.41, 5.74) is 0. The largest absolute Gasteiger partial charge is 0.347 e. The molecule has 5 heteroatoms. The van der Waals surface area contributed by atoms with E-state index in [0.717, 1.165) is 19.6 Å². The quantitative estimate of drug-likeness (QED) is 0.514. The molecule has 0 aromatic heterocycles. The van der Waals surface area contributed by atoms with Gasteiger partial charge in [0.2, 0.25) is 5.91 Å². The van der Waals surface area contributed by atoms with Crippen LogP contribution in [-0.2, 0) is 4.79 Å². The van der Waals surface area contributed by atoms with Crippen LogP contribution in [0, 0.1) is 0 Å². The van der Waals surface area contributed by atoms with Crippen molar-refractivity contribution in [3.05, 3.63) is 12.2 Å². The van der Waals surface area contributed by atoms with Gasteiger partial charge in [0, 0.05) is 31.8 Å². The Balaban J connectivity index is 2.30. The van der Waals surface area contributed by atoms with Gasteiger partial charge < -0.3 is 20.9 Å². The lowest BCUT2D eigenvalue weighted by Gasteiger charge is -2.18. The van der Waals surface area contributed by atoms with E-state index in [1.807, 2.05) is 32.1 Å². The predicted octanol–water partition coefficient (Wildman–Crippen LogP) is -1.22. The van der Waals surface area contributed by atoms with E-state index in [0.29, 0.717) is 6.04 Å². The van der Waals surface area contributed by atoms with Crippen molar-refractivity contribution in [3.8, 4) is 0 Å². The number of carbonyl (C=O) groups excluding carboxylic acids is 1. The number of amides is 1. The smallest absolute Gasteiger partial charge is 0.244 e.